The number of hydrogen-bond acceptors (Lipinski definition) is 7. The van der Waals surface area contributed by atoms with Crippen molar-refractivity contribution in [3.05, 3.63) is 60.5 Å². The summed E-state index contributed by atoms with van der Waals surface area (Å²) in [5.41, 5.74) is 0.747. The van der Waals surface area contributed by atoms with Crippen molar-refractivity contribution in [1.29, 1.82) is 0 Å². The van der Waals surface area contributed by atoms with Crippen molar-refractivity contribution in [2.45, 2.75) is 11.8 Å². The van der Waals surface area contributed by atoms with E-state index in [0.717, 1.165) is 11.4 Å². The van der Waals surface area contributed by atoms with Gasteiger partial charge in [-0.15, -0.1) is 10.2 Å². The van der Waals surface area contributed by atoms with Gasteiger partial charge in [0.2, 0.25) is 5.91 Å². The van der Waals surface area contributed by atoms with Crippen molar-refractivity contribution in [1.82, 2.24) is 10.2 Å². The van der Waals surface area contributed by atoms with Gasteiger partial charge >= 0.3 is 0 Å². The number of nitrogens with one attached hydrogen (secondary N) is 1. The summed E-state index contributed by atoms with van der Waals surface area (Å²) in [5, 5.41) is 10.9. The second-order valence-electron chi connectivity index (χ2n) is 5.13. The van der Waals surface area contributed by atoms with Gasteiger partial charge in [-0.05, 0) is 36.4 Å². The van der Waals surface area contributed by atoms with Crippen molar-refractivity contribution in [3.8, 4) is 11.5 Å². The Hall–Kier alpha value is -3.00. The molecule has 0 saturated carbocycles. The van der Waals surface area contributed by atoms with Gasteiger partial charge in [-0.1, -0.05) is 30.0 Å². The van der Waals surface area contributed by atoms with E-state index in [1.807, 2.05) is 30.3 Å². The lowest BCUT2D eigenvalue weighted by molar-refractivity contribution is -0.113. The highest BCUT2D eigenvalue weighted by molar-refractivity contribution is 7.99. The number of ether oxygens (including phenoxy) is 2. The minimum Gasteiger partial charge on any atom is -0.497 e. The van der Waals surface area contributed by atoms with Crippen molar-refractivity contribution in [2.24, 2.45) is 0 Å². The number of benzene rings is 2. The van der Waals surface area contributed by atoms with Crippen LogP contribution in [0.5, 0.6) is 11.5 Å². The molecular weight excluding hydrogens is 354 g/mol. The lowest BCUT2D eigenvalue weighted by atomic mass is 10.3. The van der Waals surface area contributed by atoms with Crippen LogP contribution >= 0.6 is 11.8 Å². The smallest absolute Gasteiger partial charge is 0.277 e. The summed E-state index contributed by atoms with van der Waals surface area (Å²) in [5.74, 6) is 1.79. The largest absolute Gasteiger partial charge is 0.497 e. The number of carbonyl (C=O) groups excluding carboxylic acids is 1. The van der Waals surface area contributed by atoms with E-state index in [1.165, 1.54) is 11.8 Å². The fraction of sp³-hybridized carbons (Fsp3) is 0.167. The molecule has 0 bridgehead atoms. The highest BCUT2D eigenvalue weighted by atomic mass is 32.2. The molecule has 0 aliphatic heterocycles. The van der Waals surface area contributed by atoms with Crippen LogP contribution in [-0.2, 0) is 11.4 Å². The van der Waals surface area contributed by atoms with E-state index in [9.17, 15) is 4.79 Å². The first-order valence-corrected chi connectivity index (χ1v) is 8.78. The lowest BCUT2D eigenvalue weighted by Gasteiger charge is -2.04. The molecule has 8 heteroatoms. The maximum atomic E-state index is 11.9. The van der Waals surface area contributed by atoms with Crippen LogP contribution in [0.25, 0.3) is 0 Å². The van der Waals surface area contributed by atoms with Crippen LogP contribution in [0.3, 0.4) is 0 Å². The Morgan fingerprint density at radius 3 is 2.54 bits per heavy atom. The zero-order valence-corrected chi connectivity index (χ0v) is 14.9. The van der Waals surface area contributed by atoms with Gasteiger partial charge in [-0.25, -0.2) is 0 Å². The number of para-hydroxylation sites is 1. The van der Waals surface area contributed by atoms with Gasteiger partial charge in [-0.3, -0.25) is 4.79 Å². The minimum atomic E-state index is -0.143. The van der Waals surface area contributed by atoms with Crippen LogP contribution in [-0.4, -0.2) is 29.0 Å². The van der Waals surface area contributed by atoms with Gasteiger partial charge < -0.3 is 19.2 Å². The maximum Gasteiger partial charge on any atom is 0.277 e. The number of methoxy groups -OCH3 is 1. The molecule has 3 aromatic rings. The van der Waals surface area contributed by atoms with E-state index in [1.54, 1.807) is 31.4 Å². The Kier molecular flexibility index (Phi) is 6.10. The number of carbonyl (C=O) groups is 1. The average Bonchev–Trinajstić information content (AvgIpc) is 3.14. The van der Waals surface area contributed by atoms with Crippen molar-refractivity contribution in [3.63, 3.8) is 0 Å². The van der Waals surface area contributed by atoms with Crippen LogP contribution in [0.1, 0.15) is 5.89 Å². The van der Waals surface area contributed by atoms with Gasteiger partial charge in [0, 0.05) is 5.69 Å². The molecule has 0 aliphatic carbocycles. The van der Waals surface area contributed by atoms with Crippen LogP contribution in [0.2, 0.25) is 0 Å². The summed E-state index contributed by atoms with van der Waals surface area (Å²) in [7, 11) is 1.60. The van der Waals surface area contributed by atoms with E-state index < -0.39 is 0 Å². The third kappa shape index (κ3) is 5.25. The monoisotopic (exact) mass is 371 g/mol. The fourth-order valence-electron chi connectivity index (χ4n) is 2.02. The first-order valence-electron chi connectivity index (χ1n) is 7.80. The second kappa shape index (κ2) is 8.91. The Labute approximate surface area is 154 Å². The second-order valence-corrected chi connectivity index (χ2v) is 6.06. The number of nitrogens with zero attached hydrogens (tertiary/aromatic N) is 2. The lowest BCUT2D eigenvalue weighted by Crippen LogP contribution is -2.13. The number of hydrogen-bond donors (Lipinski definition) is 1. The summed E-state index contributed by atoms with van der Waals surface area (Å²) in [6.45, 7) is 0.149. The summed E-state index contributed by atoms with van der Waals surface area (Å²) in [4.78, 5) is 11.9. The highest BCUT2D eigenvalue weighted by Crippen LogP contribution is 2.20. The highest BCUT2D eigenvalue weighted by Gasteiger charge is 2.10. The SMILES string of the molecule is COc1ccc(OCc2nnc(SCC(=O)Nc3ccccc3)o2)cc1. The topological polar surface area (TPSA) is 86.5 Å². The standard InChI is InChI=1S/C18H17N3O4S/c1-23-14-7-9-15(10-8-14)24-11-17-20-21-18(25-17)26-12-16(22)19-13-5-3-2-4-6-13/h2-10H,11-12H2,1H3,(H,19,22). The zero-order valence-electron chi connectivity index (χ0n) is 14.0. The molecule has 1 aromatic heterocycles. The molecule has 26 heavy (non-hydrogen) atoms. The Balaban J connectivity index is 1.44. The number of amides is 1. The molecule has 0 saturated heterocycles. The predicted octanol–water partition coefficient (Wildman–Crippen LogP) is 3.39. The van der Waals surface area contributed by atoms with Gasteiger partial charge in [-0.2, -0.15) is 0 Å². The first-order chi connectivity index (χ1) is 12.7. The number of anilines is 1. The Morgan fingerprint density at radius 2 is 1.81 bits per heavy atom. The molecule has 1 N–H and O–H groups in total. The third-order valence-corrected chi connectivity index (χ3v) is 4.07. The summed E-state index contributed by atoms with van der Waals surface area (Å²) in [6, 6.07) is 16.4. The van der Waals surface area contributed by atoms with Crippen molar-refractivity contribution in [2.75, 3.05) is 18.2 Å². The summed E-state index contributed by atoms with van der Waals surface area (Å²) in [6.07, 6.45) is 0. The molecular formula is C18H17N3O4S. The molecule has 7 nitrogen and oxygen atoms in total. The van der Waals surface area contributed by atoms with Crippen LogP contribution in [0, 0.1) is 0 Å². The van der Waals surface area contributed by atoms with E-state index >= 15 is 0 Å². The van der Waals surface area contributed by atoms with Gasteiger partial charge in [0.25, 0.3) is 11.1 Å². The molecule has 0 fully saturated rings. The predicted molar refractivity (Wildman–Crippen MR) is 97.4 cm³/mol. The molecule has 0 radical (unpaired) electrons. The molecule has 2 aromatic carbocycles. The summed E-state index contributed by atoms with van der Waals surface area (Å²) >= 11 is 1.17. The molecule has 3 rings (SSSR count). The van der Waals surface area contributed by atoms with Crippen molar-refractivity contribution >= 4 is 23.4 Å². The fourth-order valence-corrected chi connectivity index (χ4v) is 2.60. The van der Waals surface area contributed by atoms with Crippen molar-refractivity contribution < 1.29 is 18.7 Å². The summed E-state index contributed by atoms with van der Waals surface area (Å²) < 4.78 is 16.1. The molecule has 0 unspecified atom stereocenters. The maximum absolute atomic E-state index is 11.9. The van der Waals surface area contributed by atoms with Crippen LogP contribution < -0.4 is 14.8 Å². The normalized spacial score (nSPS) is 10.3. The number of rotatable bonds is 8. The average molecular weight is 371 g/mol. The van der Waals surface area contributed by atoms with E-state index in [4.69, 9.17) is 13.9 Å². The molecule has 1 heterocycles. The first kappa shape index (κ1) is 17.8. The van der Waals surface area contributed by atoms with E-state index in [-0.39, 0.29) is 18.3 Å². The van der Waals surface area contributed by atoms with Crippen LogP contribution in [0.15, 0.2) is 64.2 Å². The Morgan fingerprint density at radius 1 is 1.08 bits per heavy atom. The molecule has 0 spiro atoms. The number of thioether (sulfide) groups is 1. The minimum absolute atomic E-state index is 0.143. The number of aromatic nitrogens is 2. The molecule has 0 atom stereocenters. The van der Waals surface area contributed by atoms with Gasteiger partial charge in [0.05, 0.1) is 12.9 Å². The Bertz CT molecular complexity index is 837. The van der Waals surface area contributed by atoms with Gasteiger partial charge in [0.1, 0.15) is 11.5 Å². The van der Waals surface area contributed by atoms with E-state index in [2.05, 4.69) is 15.5 Å². The zero-order chi connectivity index (χ0) is 18.2. The molecule has 0 aliphatic rings. The van der Waals surface area contributed by atoms with E-state index in [0.29, 0.717) is 16.9 Å². The van der Waals surface area contributed by atoms with Gasteiger partial charge in [0.15, 0.2) is 6.61 Å². The molecule has 1 amide bonds. The van der Waals surface area contributed by atoms with Crippen LogP contribution in [0.4, 0.5) is 5.69 Å². The quantitative estimate of drug-likeness (QED) is 0.607. The third-order valence-electron chi connectivity index (χ3n) is 3.25. The molecule has 134 valence electrons.